The largest absolute Gasteiger partial charge is 0.385 e. The fourth-order valence-electron chi connectivity index (χ4n) is 1.34. The highest BCUT2D eigenvalue weighted by Crippen LogP contribution is 2.04. The minimum absolute atomic E-state index is 0.00681. The van der Waals surface area contributed by atoms with Gasteiger partial charge in [-0.15, -0.1) is 0 Å². The van der Waals surface area contributed by atoms with Crippen LogP contribution in [-0.4, -0.2) is 44.2 Å². The van der Waals surface area contributed by atoms with Crippen LogP contribution in [0.25, 0.3) is 0 Å². The van der Waals surface area contributed by atoms with Crippen molar-refractivity contribution in [3.63, 3.8) is 0 Å². The van der Waals surface area contributed by atoms with E-state index >= 15 is 0 Å². The van der Waals surface area contributed by atoms with Gasteiger partial charge in [0.15, 0.2) is 0 Å². The summed E-state index contributed by atoms with van der Waals surface area (Å²) in [5, 5.41) is 0. The van der Waals surface area contributed by atoms with Gasteiger partial charge >= 0.3 is 0 Å². The molecule has 15 heavy (non-hydrogen) atoms. The highest BCUT2D eigenvalue weighted by atomic mass is 16.5. The molecule has 0 saturated heterocycles. The van der Waals surface area contributed by atoms with Crippen molar-refractivity contribution in [3.8, 4) is 0 Å². The molecule has 0 aliphatic carbocycles. The molecule has 0 aromatic carbocycles. The number of hydrogen-bond donors (Lipinski definition) is 1. The molecule has 0 aromatic heterocycles. The van der Waals surface area contributed by atoms with Crippen LogP contribution >= 0.6 is 0 Å². The van der Waals surface area contributed by atoms with Crippen molar-refractivity contribution >= 4 is 5.91 Å². The Bertz CT molecular complexity index is 185. The van der Waals surface area contributed by atoms with Gasteiger partial charge in [0.1, 0.15) is 0 Å². The molecule has 0 heterocycles. The smallest absolute Gasteiger partial charge is 0.239 e. The first-order valence-electron chi connectivity index (χ1n) is 5.52. The van der Waals surface area contributed by atoms with Gasteiger partial charge < -0.3 is 15.4 Å². The second-order valence-corrected chi connectivity index (χ2v) is 4.12. The molecule has 0 spiro atoms. The molecule has 2 unspecified atom stereocenters. The summed E-state index contributed by atoms with van der Waals surface area (Å²) in [6.45, 7) is 5.55. The quantitative estimate of drug-likeness (QED) is 0.686. The van der Waals surface area contributed by atoms with Crippen LogP contribution in [0, 0.1) is 5.92 Å². The number of rotatable bonds is 7. The molecule has 2 atom stereocenters. The van der Waals surface area contributed by atoms with E-state index in [9.17, 15) is 4.79 Å². The third-order valence-corrected chi connectivity index (χ3v) is 2.61. The van der Waals surface area contributed by atoms with Crippen LogP contribution in [-0.2, 0) is 9.53 Å². The lowest BCUT2D eigenvalue weighted by Gasteiger charge is -2.23. The van der Waals surface area contributed by atoms with Crippen molar-refractivity contribution in [2.24, 2.45) is 11.7 Å². The van der Waals surface area contributed by atoms with Gasteiger partial charge in [-0.25, -0.2) is 0 Å². The topological polar surface area (TPSA) is 55.6 Å². The Morgan fingerprint density at radius 2 is 2.13 bits per heavy atom. The van der Waals surface area contributed by atoms with E-state index in [-0.39, 0.29) is 5.91 Å². The summed E-state index contributed by atoms with van der Waals surface area (Å²) in [6, 6.07) is -0.431. The summed E-state index contributed by atoms with van der Waals surface area (Å²) in [5.74, 6) is 0.529. The van der Waals surface area contributed by atoms with E-state index in [1.165, 1.54) is 0 Å². The SMILES string of the molecule is CCC(C)CN(C)C(=O)C(N)CCOC. The Kier molecular flexibility index (Phi) is 7.34. The summed E-state index contributed by atoms with van der Waals surface area (Å²) in [7, 11) is 3.42. The molecule has 90 valence electrons. The van der Waals surface area contributed by atoms with Crippen molar-refractivity contribution < 1.29 is 9.53 Å². The second-order valence-electron chi connectivity index (χ2n) is 4.12. The fourth-order valence-corrected chi connectivity index (χ4v) is 1.34. The number of methoxy groups -OCH3 is 1. The van der Waals surface area contributed by atoms with Crippen LogP contribution in [0.3, 0.4) is 0 Å². The van der Waals surface area contributed by atoms with Crippen molar-refractivity contribution in [3.05, 3.63) is 0 Å². The Morgan fingerprint density at radius 3 is 2.60 bits per heavy atom. The first-order valence-corrected chi connectivity index (χ1v) is 5.52. The Balaban J connectivity index is 3.95. The predicted octanol–water partition coefficient (Wildman–Crippen LogP) is 0.855. The van der Waals surface area contributed by atoms with E-state index in [0.29, 0.717) is 18.9 Å². The van der Waals surface area contributed by atoms with Crippen LogP contribution in [0.15, 0.2) is 0 Å². The van der Waals surface area contributed by atoms with E-state index in [1.807, 2.05) is 0 Å². The van der Waals surface area contributed by atoms with E-state index < -0.39 is 6.04 Å². The number of ether oxygens (including phenoxy) is 1. The average Bonchev–Trinajstić information content (AvgIpc) is 2.24. The third-order valence-electron chi connectivity index (χ3n) is 2.61. The number of nitrogens with zero attached hydrogens (tertiary/aromatic N) is 1. The number of carbonyl (C=O) groups is 1. The molecular formula is C11H24N2O2. The lowest BCUT2D eigenvalue weighted by atomic mass is 10.1. The maximum Gasteiger partial charge on any atom is 0.239 e. The van der Waals surface area contributed by atoms with Gasteiger partial charge in [0.2, 0.25) is 5.91 Å². The van der Waals surface area contributed by atoms with E-state index in [4.69, 9.17) is 10.5 Å². The Hall–Kier alpha value is -0.610. The van der Waals surface area contributed by atoms with E-state index in [1.54, 1.807) is 19.1 Å². The van der Waals surface area contributed by atoms with Gasteiger partial charge in [-0.1, -0.05) is 20.3 Å². The van der Waals surface area contributed by atoms with Crippen LogP contribution in [0.2, 0.25) is 0 Å². The summed E-state index contributed by atoms with van der Waals surface area (Å²) in [6.07, 6.45) is 1.66. The molecule has 0 bridgehead atoms. The number of hydrogen-bond acceptors (Lipinski definition) is 3. The minimum Gasteiger partial charge on any atom is -0.385 e. The van der Waals surface area contributed by atoms with Crippen molar-refractivity contribution in [1.29, 1.82) is 0 Å². The van der Waals surface area contributed by atoms with Gasteiger partial charge in [-0.2, -0.15) is 0 Å². The molecule has 4 nitrogen and oxygen atoms in total. The molecule has 0 fully saturated rings. The van der Waals surface area contributed by atoms with Crippen molar-refractivity contribution in [1.82, 2.24) is 4.90 Å². The molecule has 0 radical (unpaired) electrons. The molecule has 2 N–H and O–H groups in total. The molecule has 0 aromatic rings. The normalized spacial score (nSPS) is 14.7. The van der Waals surface area contributed by atoms with Crippen LogP contribution in [0.4, 0.5) is 0 Å². The van der Waals surface area contributed by atoms with Crippen LogP contribution in [0.1, 0.15) is 26.7 Å². The molecule has 0 saturated carbocycles. The fraction of sp³-hybridized carbons (Fsp3) is 0.909. The maximum absolute atomic E-state index is 11.7. The van der Waals surface area contributed by atoms with E-state index in [2.05, 4.69) is 13.8 Å². The maximum atomic E-state index is 11.7. The van der Waals surface area contributed by atoms with Gasteiger partial charge in [0.25, 0.3) is 0 Å². The first-order chi connectivity index (χ1) is 7.02. The molecule has 0 aliphatic heterocycles. The van der Waals surface area contributed by atoms with Crippen molar-refractivity contribution in [2.75, 3.05) is 27.3 Å². The molecular weight excluding hydrogens is 192 g/mol. The predicted molar refractivity (Wildman–Crippen MR) is 61.6 cm³/mol. The summed E-state index contributed by atoms with van der Waals surface area (Å²) >= 11 is 0. The zero-order valence-corrected chi connectivity index (χ0v) is 10.3. The number of nitrogens with two attached hydrogens (primary N) is 1. The number of likely N-dealkylation sites (N-methyl/N-ethyl adjacent to an activating group) is 1. The van der Waals surface area contributed by atoms with Gasteiger partial charge in [0.05, 0.1) is 6.04 Å². The highest BCUT2D eigenvalue weighted by molar-refractivity contribution is 5.81. The zero-order valence-electron chi connectivity index (χ0n) is 10.3. The monoisotopic (exact) mass is 216 g/mol. The Labute approximate surface area is 92.8 Å². The van der Waals surface area contributed by atoms with Gasteiger partial charge in [-0.3, -0.25) is 4.79 Å². The number of amides is 1. The lowest BCUT2D eigenvalue weighted by Crippen LogP contribution is -2.43. The average molecular weight is 216 g/mol. The summed E-state index contributed by atoms with van der Waals surface area (Å²) in [5.41, 5.74) is 5.75. The molecule has 4 heteroatoms. The Morgan fingerprint density at radius 1 is 1.53 bits per heavy atom. The highest BCUT2D eigenvalue weighted by Gasteiger charge is 2.18. The van der Waals surface area contributed by atoms with E-state index in [0.717, 1.165) is 13.0 Å². The van der Waals surface area contributed by atoms with Crippen LogP contribution < -0.4 is 5.73 Å². The minimum atomic E-state index is -0.431. The number of carbonyl (C=O) groups excluding carboxylic acids is 1. The molecule has 0 rings (SSSR count). The molecule has 0 aliphatic rings. The third kappa shape index (κ3) is 5.74. The van der Waals surface area contributed by atoms with Crippen LogP contribution in [0.5, 0.6) is 0 Å². The summed E-state index contributed by atoms with van der Waals surface area (Å²) in [4.78, 5) is 13.5. The standard InChI is InChI=1S/C11H24N2O2/c1-5-9(2)8-13(3)11(14)10(12)6-7-15-4/h9-10H,5-8,12H2,1-4H3. The van der Waals surface area contributed by atoms with Gasteiger partial charge in [-0.05, 0) is 12.3 Å². The van der Waals surface area contributed by atoms with Crippen molar-refractivity contribution in [2.45, 2.75) is 32.7 Å². The summed E-state index contributed by atoms with van der Waals surface area (Å²) < 4.78 is 4.89. The first kappa shape index (κ1) is 14.4. The lowest BCUT2D eigenvalue weighted by molar-refractivity contribution is -0.132. The zero-order chi connectivity index (χ0) is 11.8. The van der Waals surface area contributed by atoms with Gasteiger partial charge in [0, 0.05) is 27.3 Å². The molecule has 1 amide bonds. The second kappa shape index (κ2) is 7.65.